The van der Waals surface area contributed by atoms with E-state index in [1.165, 1.54) is 18.4 Å². The van der Waals surface area contributed by atoms with Gasteiger partial charge in [-0.15, -0.1) is 6.58 Å². The Morgan fingerprint density at radius 1 is 1.56 bits per heavy atom. The van der Waals surface area contributed by atoms with Gasteiger partial charge in [-0.2, -0.15) is 0 Å². The number of hydrogen-bond donors (Lipinski definition) is 0. The molecule has 3 aliphatic rings. The summed E-state index contributed by atoms with van der Waals surface area (Å²) in [5, 5.41) is 0. The molecule has 1 saturated carbocycles. The number of fused-ring (bicyclic) bond motifs is 4. The van der Waals surface area contributed by atoms with Crippen molar-refractivity contribution in [2.24, 2.45) is 16.7 Å². The molecule has 0 aromatic heterocycles. The molecule has 3 rings (SSSR count). The Morgan fingerprint density at radius 3 is 3.17 bits per heavy atom. The van der Waals surface area contributed by atoms with Gasteiger partial charge in [0.2, 0.25) is 0 Å². The molecule has 1 heteroatoms. The maximum absolute atomic E-state index is 12.8. The second kappa shape index (κ2) is 3.94. The first kappa shape index (κ1) is 12.0. The Morgan fingerprint density at radius 2 is 2.39 bits per heavy atom. The lowest BCUT2D eigenvalue weighted by Gasteiger charge is -2.53. The smallest absolute Gasteiger partial charge is 0.150 e. The van der Waals surface area contributed by atoms with Crippen LogP contribution in [0.5, 0.6) is 0 Å². The highest BCUT2D eigenvalue weighted by Crippen LogP contribution is 2.59. The summed E-state index contributed by atoms with van der Waals surface area (Å²) in [7, 11) is 0. The first-order valence-electron chi connectivity index (χ1n) is 7.15. The van der Waals surface area contributed by atoms with Crippen LogP contribution in [-0.2, 0) is 4.79 Å². The van der Waals surface area contributed by atoms with Gasteiger partial charge in [0.25, 0.3) is 0 Å². The van der Waals surface area contributed by atoms with Crippen molar-refractivity contribution in [3.8, 4) is 0 Å². The summed E-state index contributed by atoms with van der Waals surface area (Å²) in [5.74, 6) is 0.606. The van der Waals surface area contributed by atoms with Crippen LogP contribution in [-0.4, -0.2) is 5.78 Å². The number of ketones is 1. The topological polar surface area (TPSA) is 17.1 Å². The SMILES string of the molecule is C=CC[C@@]12CC=C[C@@H](C[C@@]3(C)CCCC=C31)C2=O. The van der Waals surface area contributed by atoms with Gasteiger partial charge in [0.05, 0.1) is 5.41 Å². The molecule has 0 aromatic rings. The van der Waals surface area contributed by atoms with Crippen molar-refractivity contribution in [3.63, 3.8) is 0 Å². The van der Waals surface area contributed by atoms with Crippen LogP contribution in [0.2, 0.25) is 0 Å². The number of Topliss-reactive ketones (excluding diaryl/α,β-unsaturated/α-hetero) is 1. The van der Waals surface area contributed by atoms with Gasteiger partial charge in [0.1, 0.15) is 0 Å². The predicted molar refractivity (Wildman–Crippen MR) is 74.2 cm³/mol. The van der Waals surface area contributed by atoms with E-state index in [0.29, 0.717) is 5.78 Å². The van der Waals surface area contributed by atoms with Gasteiger partial charge in [0.15, 0.2) is 5.78 Å². The molecule has 0 unspecified atom stereocenters. The van der Waals surface area contributed by atoms with Crippen molar-refractivity contribution in [1.82, 2.24) is 0 Å². The minimum atomic E-state index is -0.241. The van der Waals surface area contributed by atoms with E-state index in [1.807, 2.05) is 6.08 Å². The van der Waals surface area contributed by atoms with E-state index in [4.69, 9.17) is 0 Å². The lowest BCUT2D eigenvalue weighted by molar-refractivity contribution is -0.134. The Hall–Kier alpha value is -1.11. The van der Waals surface area contributed by atoms with Crippen LogP contribution in [0.1, 0.15) is 45.4 Å². The van der Waals surface area contributed by atoms with Gasteiger partial charge >= 0.3 is 0 Å². The fourth-order valence-electron chi connectivity index (χ4n) is 4.51. The molecule has 0 N–H and O–H groups in total. The molecule has 1 fully saturated rings. The molecule has 0 saturated heterocycles. The van der Waals surface area contributed by atoms with E-state index >= 15 is 0 Å². The molecule has 18 heavy (non-hydrogen) atoms. The fourth-order valence-corrected chi connectivity index (χ4v) is 4.51. The monoisotopic (exact) mass is 242 g/mol. The molecule has 1 nitrogen and oxygen atoms in total. The molecular formula is C17H22O. The maximum Gasteiger partial charge on any atom is 0.150 e. The zero-order chi connectivity index (χ0) is 12.8. The van der Waals surface area contributed by atoms with Crippen LogP contribution in [0.3, 0.4) is 0 Å². The predicted octanol–water partition coefficient (Wildman–Crippen LogP) is 4.21. The quantitative estimate of drug-likeness (QED) is 0.663. The van der Waals surface area contributed by atoms with Gasteiger partial charge in [-0.25, -0.2) is 0 Å². The number of rotatable bonds is 2. The van der Waals surface area contributed by atoms with Crippen LogP contribution in [0.4, 0.5) is 0 Å². The standard InChI is InChI=1S/C17H22O/c1-3-9-17-11-6-7-13(15(17)18)12-16(2)10-5-4-8-14(16)17/h3,6-8,13H,1,4-5,9-12H2,2H3/t13-,16+,17+/m0/s1. The number of allylic oxidation sites excluding steroid dienone is 5. The van der Waals surface area contributed by atoms with Crippen molar-refractivity contribution in [2.75, 3.05) is 0 Å². The van der Waals surface area contributed by atoms with Gasteiger partial charge in [-0.3, -0.25) is 4.79 Å². The highest BCUT2D eigenvalue weighted by atomic mass is 16.1. The van der Waals surface area contributed by atoms with Crippen molar-refractivity contribution in [2.45, 2.75) is 45.4 Å². The Bertz CT molecular complexity index is 456. The van der Waals surface area contributed by atoms with Crippen LogP contribution >= 0.6 is 0 Å². The highest BCUT2D eigenvalue weighted by molar-refractivity contribution is 5.94. The third-order valence-electron chi connectivity index (χ3n) is 5.25. The van der Waals surface area contributed by atoms with Gasteiger partial charge < -0.3 is 0 Å². The number of carbonyl (C=O) groups is 1. The third-order valence-corrected chi connectivity index (χ3v) is 5.25. The summed E-state index contributed by atoms with van der Waals surface area (Å²) in [6, 6.07) is 0. The third kappa shape index (κ3) is 1.43. The number of hydrogen-bond acceptors (Lipinski definition) is 1. The highest BCUT2D eigenvalue weighted by Gasteiger charge is 2.55. The van der Waals surface area contributed by atoms with Gasteiger partial charge in [-0.1, -0.05) is 36.8 Å². The first-order valence-corrected chi connectivity index (χ1v) is 7.15. The summed E-state index contributed by atoms with van der Waals surface area (Å²) >= 11 is 0. The van der Waals surface area contributed by atoms with Crippen molar-refractivity contribution < 1.29 is 4.79 Å². The summed E-state index contributed by atoms with van der Waals surface area (Å²) < 4.78 is 0. The number of carbonyl (C=O) groups excluding carboxylic acids is 1. The van der Waals surface area contributed by atoms with E-state index in [-0.39, 0.29) is 16.7 Å². The Balaban J connectivity index is 2.16. The van der Waals surface area contributed by atoms with E-state index in [1.54, 1.807) is 0 Å². The van der Waals surface area contributed by atoms with E-state index < -0.39 is 0 Å². The first-order chi connectivity index (χ1) is 8.62. The van der Waals surface area contributed by atoms with Crippen LogP contribution in [0, 0.1) is 16.7 Å². The molecular weight excluding hydrogens is 220 g/mol. The van der Waals surface area contributed by atoms with Gasteiger partial charge in [0, 0.05) is 5.92 Å². The average molecular weight is 242 g/mol. The van der Waals surface area contributed by atoms with Crippen molar-refractivity contribution in [3.05, 3.63) is 36.5 Å². The molecule has 0 heterocycles. The molecule has 0 radical (unpaired) electrons. The van der Waals surface area contributed by atoms with Crippen LogP contribution in [0.25, 0.3) is 0 Å². The summed E-state index contributed by atoms with van der Waals surface area (Å²) in [6.07, 6.45) is 15.1. The fraction of sp³-hybridized carbons (Fsp3) is 0.588. The van der Waals surface area contributed by atoms with E-state index in [0.717, 1.165) is 25.7 Å². The molecule has 0 aliphatic heterocycles. The normalized spacial score (nSPS) is 42.2. The van der Waals surface area contributed by atoms with E-state index in [2.05, 4.69) is 31.7 Å². The molecule has 3 aliphatic carbocycles. The second-order valence-electron chi connectivity index (χ2n) is 6.45. The Kier molecular flexibility index (Phi) is 2.62. The summed E-state index contributed by atoms with van der Waals surface area (Å²) in [4.78, 5) is 12.8. The largest absolute Gasteiger partial charge is 0.298 e. The summed E-state index contributed by atoms with van der Waals surface area (Å²) in [5.41, 5.74) is 1.45. The zero-order valence-corrected chi connectivity index (χ0v) is 11.2. The zero-order valence-electron chi connectivity index (χ0n) is 11.2. The molecule has 0 spiro atoms. The average Bonchev–Trinajstić information content (AvgIpc) is 2.33. The van der Waals surface area contributed by atoms with E-state index in [9.17, 15) is 4.79 Å². The maximum atomic E-state index is 12.8. The molecule has 3 atom stereocenters. The van der Waals surface area contributed by atoms with Gasteiger partial charge in [-0.05, 0) is 43.9 Å². The summed E-state index contributed by atoms with van der Waals surface area (Å²) in [6.45, 7) is 6.26. The molecule has 96 valence electrons. The second-order valence-corrected chi connectivity index (χ2v) is 6.45. The minimum absolute atomic E-state index is 0.152. The minimum Gasteiger partial charge on any atom is -0.298 e. The lowest BCUT2D eigenvalue weighted by atomic mass is 9.49. The molecule has 2 bridgehead atoms. The van der Waals surface area contributed by atoms with Crippen LogP contribution < -0.4 is 0 Å². The van der Waals surface area contributed by atoms with Crippen LogP contribution in [0.15, 0.2) is 36.5 Å². The van der Waals surface area contributed by atoms with Crippen molar-refractivity contribution >= 4 is 5.78 Å². The Labute approximate surface area is 110 Å². The van der Waals surface area contributed by atoms with Crippen molar-refractivity contribution in [1.29, 1.82) is 0 Å². The molecule has 0 aromatic carbocycles. The molecule has 0 amide bonds. The lowest BCUT2D eigenvalue weighted by Crippen LogP contribution is -2.50.